The highest BCUT2D eigenvalue weighted by atomic mass is 32.2. The Morgan fingerprint density at radius 2 is 1.52 bits per heavy atom. The third-order valence-corrected chi connectivity index (χ3v) is 4.77. The van der Waals surface area contributed by atoms with E-state index in [9.17, 15) is 21.4 Å². The number of anilines is 2. The second-order valence-electron chi connectivity index (χ2n) is 5.31. The zero-order valence-electron chi connectivity index (χ0n) is 13.6. The van der Waals surface area contributed by atoms with Crippen molar-refractivity contribution in [1.82, 2.24) is 0 Å². The summed E-state index contributed by atoms with van der Waals surface area (Å²) < 4.78 is 57.3. The molecule has 0 saturated carbocycles. The van der Waals surface area contributed by atoms with Crippen LogP contribution in [0.15, 0.2) is 47.4 Å². The van der Waals surface area contributed by atoms with Crippen LogP contribution < -0.4 is 10.0 Å². The average molecular weight is 382 g/mol. The summed E-state index contributed by atoms with van der Waals surface area (Å²) in [5, 5.41) is 2.99. The molecule has 0 amide bonds. The molecule has 2 aromatic rings. The third-order valence-electron chi connectivity index (χ3n) is 3.25. The van der Waals surface area contributed by atoms with Gasteiger partial charge in [0, 0.05) is 18.4 Å². The number of hydrogen-bond donors (Lipinski definition) is 3. The van der Waals surface area contributed by atoms with Crippen molar-refractivity contribution in [3.05, 3.63) is 53.6 Å². The van der Waals surface area contributed by atoms with Gasteiger partial charge in [0.1, 0.15) is 4.90 Å². The number of benzene rings is 2. The molecule has 0 radical (unpaired) electrons. The van der Waals surface area contributed by atoms with Gasteiger partial charge in [-0.3, -0.25) is 9.27 Å². The van der Waals surface area contributed by atoms with Crippen LogP contribution in [0.2, 0.25) is 0 Å². The standard InChI is InChI=1S/C16H18N2O5S2/c1-17-14-8-4-12(5-9-14)3-6-13-7-10-15(18-24(2,19)20)11-16(13)25(21,22)23/h3-11,17-18H,1-2H3,(H,21,22,23). The molecule has 0 unspecified atom stereocenters. The summed E-state index contributed by atoms with van der Waals surface area (Å²) in [5.74, 6) is 0. The molecular formula is C16H18N2O5S2. The highest BCUT2D eigenvalue weighted by Gasteiger charge is 2.16. The van der Waals surface area contributed by atoms with Gasteiger partial charge < -0.3 is 5.32 Å². The van der Waals surface area contributed by atoms with Crippen LogP contribution in [0.5, 0.6) is 0 Å². The minimum absolute atomic E-state index is 0.0469. The molecule has 0 heterocycles. The molecular weight excluding hydrogens is 364 g/mol. The molecule has 25 heavy (non-hydrogen) atoms. The first-order chi connectivity index (χ1) is 11.6. The van der Waals surface area contributed by atoms with E-state index in [0.29, 0.717) is 0 Å². The van der Waals surface area contributed by atoms with E-state index < -0.39 is 20.1 Å². The molecule has 7 nitrogen and oxygen atoms in total. The van der Waals surface area contributed by atoms with Crippen molar-refractivity contribution in [2.24, 2.45) is 0 Å². The van der Waals surface area contributed by atoms with Gasteiger partial charge in [-0.25, -0.2) is 8.42 Å². The van der Waals surface area contributed by atoms with E-state index in [0.717, 1.165) is 23.6 Å². The summed E-state index contributed by atoms with van der Waals surface area (Å²) in [6.45, 7) is 0. The number of hydrogen-bond acceptors (Lipinski definition) is 5. The van der Waals surface area contributed by atoms with Gasteiger partial charge in [0.05, 0.1) is 6.26 Å². The summed E-state index contributed by atoms with van der Waals surface area (Å²) in [7, 11) is -6.29. The first-order valence-electron chi connectivity index (χ1n) is 7.14. The highest BCUT2D eigenvalue weighted by molar-refractivity contribution is 7.92. The summed E-state index contributed by atoms with van der Waals surface area (Å²) in [4.78, 5) is -0.385. The molecule has 9 heteroatoms. The predicted octanol–water partition coefficient (Wildman–Crippen LogP) is 2.52. The van der Waals surface area contributed by atoms with Crippen molar-refractivity contribution in [3.8, 4) is 0 Å². The fourth-order valence-electron chi connectivity index (χ4n) is 2.12. The van der Waals surface area contributed by atoms with Crippen LogP contribution in [0.4, 0.5) is 11.4 Å². The lowest BCUT2D eigenvalue weighted by molar-refractivity contribution is 0.483. The number of nitrogens with one attached hydrogen (secondary N) is 2. The maximum Gasteiger partial charge on any atom is 0.295 e. The maximum atomic E-state index is 11.6. The smallest absolute Gasteiger partial charge is 0.295 e. The fraction of sp³-hybridized carbons (Fsp3) is 0.125. The fourth-order valence-corrected chi connectivity index (χ4v) is 3.38. The van der Waals surface area contributed by atoms with Gasteiger partial charge in [-0.1, -0.05) is 30.4 Å². The Labute approximate surface area is 147 Å². The monoisotopic (exact) mass is 382 g/mol. The molecule has 0 aliphatic carbocycles. The summed E-state index contributed by atoms with van der Waals surface area (Å²) in [6.07, 6.45) is 4.16. The topological polar surface area (TPSA) is 113 Å². The lowest BCUT2D eigenvalue weighted by Gasteiger charge is -2.08. The van der Waals surface area contributed by atoms with Crippen molar-refractivity contribution in [2.75, 3.05) is 23.3 Å². The lowest BCUT2D eigenvalue weighted by Crippen LogP contribution is -2.10. The van der Waals surface area contributed by atoms with Crippen molar-refractivity contribution >= 4 is 43.7 Å². The van der Waals surface area contributed by atoms with Crippen LogP contribution in [0, 0.1) is 0 Å². The number of rotatable bonds is 6. The predicted molar refractivity (Wildman–Crippen MR) is 99.6 cm³/mol. The molecule has 3 N–H and O–H groups in total. The van der Waals surface area contributed by atoms with Gasteiger partial charge in [-0.15, -0.1) is 0 Å². The molecule has 2 rings (SSSR count). The van der Waals surface area contributed by atoms with Crippen molar-refractivity contribution in [1.29, 1.82) is 0 Å². The van der Waals surface area contributed by atoms with Crippen LogP contribution in [0.3, 0.4) is 0 Å². The van der Waals surface area contributed by atoms with E-state index in [-0.39, 0.29) is 16.1 Å². The zero-order chi connectivity index (χ0) is 18.7. The minimum atomic E-state index is -4.52. The van der Waals surface area contributed by atoms with Crippen molar-refractivity contribution in [2.45, 2.75) is 4.90 Å². The van der Waals surface area contributed by atoms with E-state index in [1.807, 2.05) is 24.3 Å². The van der Waals surface area contributed by atoms with E-state index in [4.69, 9.17) is 0 Å². The first-order valence-corrected chi connectivity index (χ1v) is 10.5. The summed E-state index contributed by atoms with van der Waals surface area (Å²) in [6, 6.07) is 11.3. The van der Waals surface area contributed by atoms with Gasteiger partial charge in [0.25, 0.3) is 10.1 Å². The SMILES string of the molecule is CNc1ccc(C=Cc2ccc(NS(C)(=O)=O)cc2S(=O)(=O)O)cc1. The minimum Gasteiger partial charge on any atom is -0.388 e. The quantitative estimate of drug-likeness (QED) is 0.523. The zero-order valence-corrected chi connectivity index (χ0v) is 15.2. The van der Waals surface area contributed by atoms with Gasteiger partial charge in [0.15, 0.2) is 0 Å². The highest BCUT2D eigenvalue weighted by Crippen LogP contribution is 2.23. The van der Waals surface area contributed by atoms with Crippen molar-refractivity contribution < 1.29 is 21.4 Å². The lowest BCUT2D eigenvalue weighted by atomic mass is 10.1. The Bertz CT molecular complexity index is 995. The Hall–Kier alpha value is -2.36. The van der Waals surface area contributed by atoms with Crippen LogP contribution in [0.25, 0.3) is 12.2 Å². The summed E-state index contributed by atoms with van der Waals surface area (Å²) in [5.41, 5.74) is 2.05. The molecule has 0 spiro atoms. The van der Waals surface area contributed by atoms with E-state index in [2.05, 4.69) is 10.0 Å². The number of sulfonamides is 1. The van der Waals surface area contributed by atoms with Crippen LogP contribution in [0.1, 0.15) is 11.1 Å². The Kier molecular flexibility index (Phi) is 5.51. The Balaban J connectivity index is 2.40. The molecule has 134 valence electrons. The molecule has 0 fully saturated rings. The first kappa shape index (κ1) is 19.0. The Morgan fingerprint density at radius 3 is 2.04 bits per heavy atom. The van der Waals surface area contributed by atoms with Gasteiger partial charge in [0.2, 0.25) is 10.0 Å². The van der Waals surface area contributed by atoms with Crippen LogP contribution >= 0.6 is 0 Å². The Morgan fingerprint density at radius 1 is 0.920 bits per heavy atom. The molecule has 0 atom stereocenters. The second kappa shape index (κ2) is 7.26. The largest absolute Gasteiger partial charge is 0.388 e. The molecule has 0 aliphatic heterocycles. The molecule has 0 aliphatic rings. The molecule has 2 aromatic carbocycles. The summed E-state index contributed by atoms with van der Waals surface area (Å²) >= 11 is 0. The van der Waals surface area contributed by atoms with Crippen molar-refractivity contribution in [3.63, 3.8) is 0 Å². The van der Waals surface area contributed by atoms with Gasteiger partial charge >= 0.3 is 0 Å². The maximum absolute atomic E-state index is 11.6. The second-order valence-corrected chi connectivity index (χ2v) is 8.45. The molecule has 0 saturated heterocycles. The van der Waals surface area contributed by atoms with Gasteiger partial charge in [-0.05, 0) is 35.4 Å². The normalized spacial score (nSPS) is 12.3. The van der Waals surface area contributed by atoms with E-state index in [1.54, 1.807) is 13.1 Å². The van der Waals surface area contributed by atoms with E-state index >= 15 is 0 Å². The van der Waals surface area contributed by atoms with Crippen LogP contribution in [-0.2, 0) is 20.1 Å². The van der Waals surface area contributed by atoms with Gasteiger partial charge in [-0.2, -0.15) is 8.42 Å². The molecule has 0 aromatic heterocycles. The average Bonchev–Trinajstić information content (AvgIpc) is 2.51. The third kappa shape index (κ3) is 5.59. The van der Waals surface area contributed by atoms with Crippen LogP contribution in [-0.4, -0.2) is 34.7 Å². The van der Waals surface area contributed by atoms with E-state index in [1.165, 1.54) is 18.2 Å². The molecule has 0 bridgehead atoms.